The van der Waals surface area contributed by atoms with Crippen LogP contribution in [0.1, 0.15) is 61.6 Å². The van der Waals surface area contributed by atoms with E-state index in [1.54, 1.807) is 0 Å². The first-order valence-electron chi connectivity index (χ1n) is 8.83. The average Bonchev–Trinajstić information content (AvgIpc) is 2.50. The number of hydrogen-bond donors (Lipinski definition) is 0. The predicted octanol–water partition coefficient (Wildman–Crippen LogP) is 6.06. The van der Waals surface area contributed by atoms with Gasteiger partial charge < -0.3 is 0 Å². The molecule has 116 valence electrons. The molecule has 0 saturated heterocycles. The summed E-state index contributed by atoms with van der Waals surface area (Å²) < 4.78 is 0. The van der Waals surface area contributed by atoms with E-state index in [2.05, 4.69) is 32.0 Å². The molecule has 2 aliphatic carbocycles. The van der Waals surface area contributed by atoms with Gasteiger partial charge in [-0.3, -0.25) is 0 Å². The minimum absolute atomic E-state index is 0.327. The van der Waals surface area contributed by atoms with Gasteiger partial charge in [-0.15, -0.1) is 11.6 Å². The van der Waals surface area contributed by atoms with Gasteiger partial charge in [-0.2, -0.15) is 0 Å². The molecule has 0 spiro atoms. The lowest BCUT2D eigenvalue weighted by atomic mass is 9.66. The van der Waals surface area contributed by atoms with E-state index in [0.717, 1.165) is 24.2 Å². The molecule has 21 heavy (non-hydrogen) atoms. The number of alkyl halides is 1. The van der Waals surface area contributed by atoms with E-state index in [9.17, 15) is 0 Å². The van der Waals surface area contributed by atoms with Crippen LogP contribution in [0, 0.1) is 31.6 Å². The number of rotatable bonds is 3. The normalized spacial score (nSPS) is 30.7. The molecule has 3 rings (SSSR count). The van der Waals surface area contributed by atoms with Crippen LogP contribution in [-0.2, 0) is 6.42 Å². The van der Waals surface area contributed by atoms with E-state index >= 15 is 0 Å². The van der Waals surface area contributed by atoms with Gasteiger partial charge in [0.25, 0.3) is 0 Å². The molecule has 0 N–H and O–H groups in total. The predicted molar refractivity (Wildman–Crippen MR) is 92.1 cm³/mol. The monoisotopic (exact) mass is 304 g/mol. The van der Waals surface area contributed by atoms with Crippen LogP contribution in [0.5, 0.6) is 0 Å². The standard InChI is InChI=1S/C20H29Cl/c1-14-7-8-15(2)19(11-14)13-20(21)18-10-9-16-5-3-4-6-17(16)12-18/h7-8,11,16-18,20H,3-6,9-10,12-13H2,1-2H3. The Labute approximate surface area is 135 Å². The molecule has 1 heteroatoms. The number of benzene rings is 1. The van der Waals surface area contributed by atoms with Crippen molar-refractivity contribution in [2.45, 2.75) is 70.6 Å². The summed E-state index contributed by atoms with van der Waals surface area (Å²) in [5, 5.41) is 0.327. The van der Waals surface area contributed by atoms with E-state index in [1.807, 2.05) is 0 Å². The van der Waals surface area contributed by atoms with Crippen molar-refractivity contribution in [3.63, 3.8) is 0 Å². The van der Waals surface area contributed by atoms with E-state index in [0.29, 0.717) is 5.38 Å². The first-order chi connectivity index (χ1) is 10.1. The second-order valence-corrected chi connectivity index (χ2v) is 8.09. The van der Waals surface area contributed by atoms with Gasteiger partial charge in [-0.05, 0) is 68.4 Å². The quantitative estimate of drug-likeness (QED) is 0.595. The largest absolute Gasteiger partial charge is 0.122 e. The minimum Gasteiger partial charge on any atom is -0.122 e. The molecule has 2 saturated carbocycles. The third-order valence-electron chi connectivity index (χ3n) is 6.01. The minimum atomic E-state index is 0.327. The molecule has 2 aliphatic rings. The first kappa shape index (κ1) is 15.4. The van der Waals surface area contributed by atoms with Crippen LogP contribution in [0.2, 0.25) is 0 Å². The molecular weight excluding hydrogens is 276 g/mol. The Hall–Kier alpha value is -0.490. The number of hydrogen-bond acceptors (Lipinski definition) is 0. The summed E-state index contributed by atoms with van der Waals surface area (Å²) in [6.07, 6.45) is 11.1. The summed E-state index contributed by atoms with van der Waals surface area (Å²) in [6, 6.07) is 6.78. The van der Waals surface area contributed by atoms with Crippen molar-refractivity contribution in [2.24, 2.45) is 17.8 Å². The van der Waals surface area contributed by atoms with Crippen molar-refractivity contribution in [1.82, 2.24) is 0 Å². The lowest BCUT2D eigenvalue weighted by Crippen LogP contribution is -2.32. The summed E-state index contributed by atoms with van der Waals surface area (Å²) in [5.74, 6) is 2.75. The van der Waals surface area contributed by atoms with Gasteiger partial charge in [-0.1, -0.05) is 49.4 Å². The van der Waals surface area contributed by atoms with Gasteiger partial charge in [0.15, 0.2) is 0 Å². The Morgan fingerprint density at radius 3 is 2.62 bits per heavy atom. The molecule has 2 fully saturated rings. The van der Waals surface area contributed by atoms with E-state index in [1.165, 1.54) is 61.6 Å². The third-order valence-corrected chi connectivity index (χ3v) is 6.52. The van der Waals surface area contributed by atoms with E-state index in [4.69, 9.17) is 11.6 Å². The average molecular weight is 305 g/mol. The van der Waals surface area contributed by atoms with Crippen LogP contribution in [0.25, 0.3) is 0 Å². The lowest BCUT2D eigenvalue weighted by Gasteiger charge is -2.40. The van der Waals surface area contributed by atoms with Crippen molar-refractivity contribution >= 4 is 11.6 Å². The maximum atomic E-state index is 6.85. The molecule has 4 unspecified atom stereocenters. The van der Waals surface area contributed by atoms with Crippen LogP contribution >= 0.6 is 11.6 Å². The molecular formula is C20H29Cl. The van der Waals surface area contributed by atoms with Gasteiger partial charge >= 0.3 is 0 Å². The summed E-state index contributed by atoms with van der Waals surface area (Å²) in [6.45, 7) is 4.40. The molecule has 0 bridgehead atoms. The third kappa shape index (κ3) is 3.65. The molecule has 0 amide bonds. The smallest absolute Gasteiger partial charge is 0.0404 e. The molecule has 0 aliphatic heterocycles. The zero-order valence-corrected chi connectivity index (χ0v) is 14.3. The maximum absolute atomic E-state index is 6.85. The van der Waals surface area contributed by atoms with Crippen LogP contribution in [0.4, 0.5) is 0 Å². The summed E-state index contributed by atoms with van der Waals surface area (Å²) in [7, 11) is 0. The highest BCUT2D eigenvalue weighted by molar-refractivity contribution is 6.20. The van der Waals surface area contributed by atoms with Crippen molar-refractivity contribution in [1.29, 1.82) is 0 Å². The Balaban J connectivity index is 1.62. The zero-order chi connectivity index (χ0) is 14.8. The fourth-order valence-electron chi connectivity index (χ4n) is 4.64. The molecule has 1 aromatic rings. The van der Waals surface area contributed by atoms with Crippen molar-refractivity contribution < 1.29 is 0 Å². The first-order valence-corrected chi connectivity index (χ1v) is 9.27. The Morgan fingerprint density at radius 2 is 1.81 bits per heavy atom. The van der Waals surface area contributed by atoms with E-state index < -0.39 is 0 Å². The maximum Gasteiger partial charge on any atom is 0.0404 e. The molecule has 1 aromatic carbocycles. The Morgan fingerprint density at radius 1 is 1.05 bits per heavy atom. The summed E-state index contributed by atoms with van der Waals surface area (Å²) >= 11 is 6.85. The summed E-state index contributed by atoms with van der Waals surface area (Å²) in [5.41, 5.74) is 4.22. The van der Waals surface area contributed by atoms with Gasteiger partial charge in [0.1, 0.15) is 0 Å². The highest BCUT2D eigenvalue weighted by atomic mass is 35.5. The Bertz CT molecular complexity index is 479. The lowest BCUT2D eigenvalue weighted by molar-refractivity contribution is 0.127. The van der Waals surface area contributed by atoms with Gasteiger partial charge in [0, 0.05) is 5.38 Å². The topological polar surface area (TPSA) is 0 Å². The zero-order valence-electron chi connectivity index (χ0n) is 13.6. The van der Waals surface area contributed by atoms with Crippen LogP contribution in [0.15, 0.2) is 18.2 Å². The second-order valence-electron chi connectivity index (χ2n) is 7.53. The number of halogens is 1. The van der Waals surface area contributed by atoms with Crippen molar-refractivity contribution in [2.75, 3.05) is 0 Å². The highest BCUT2D eigenvalue weighted by Gasteiger charge is 2.34. The Kier molecular flexibility index (Phi) is 4.94. The van der Waals surface area contributed by atoms with Gasteiger partial charge in [0.2, 0.25) is 0 Å². The molecule has 0 nitrogen and oxygen atoms in total. The van der Waals surface area contributed by atoms with Crippen molar-refractivity contribution in [3.8, 4) is 0 Å². The highest BCUT2D eigenvalue weighted by Crippen LogP contribution is 2.44. The van der Waals surface area contributed by atoms with Crippen LogP contribution < -0.4 is 0 Å². The molecule has 0 radical (unpaired) electrons. The molecule has 0 heterocycles. The van der Waals surface area contributed by atoms with Crippen LogP contribution in [0.3, 0.4) is 0 Å². The number of fused-ring (bicyclic) bond motifs is 1. The second kappa shape index (κ2) is 6.73. The number of aryl methyl sites for hydroxylation is 2. The molecule has 4 atom stereocenters. The van der Waals surface area contributed by atoms with Gasteiger partial charge in [-0.25, -0.2) is 0 Å². The molecule has 0 aromatic heterocycles. The summed E-state index contributed by atoms with van der Waals surface area (Å²) in [4.78, 5) is 0. The van der Waals surface area contributed by atoms with Gasteiger partial charge in [0.05, 0.1) is 0 Å². The fourth-order valence-corrected chi connectivity index (χ4v) is 5.03. The van der Waals surface area contributed by atoms with E-state index in [-0.39, 0.29) is 0 Å². The van der Waals surface area contributed by atoms with Crippen molar-refractivity contribution in [3.05, 3.63) is 34.9 Å². The van der Waals surface area contributed by atoms with Crippen LogP contribution in [-0.4, -0.2) is 5.38 Å². The fraction of sp³-hybridized carbons (Fsp3) is 0.700. The SMILES string of the molecule is Cc1ccc(C)c(CC(Cl)C2CCC3CCCCC3C2)c1.